The van der Waals surface area contributed by atoms with Gasteiger partial charge in [-0.1, -0.05) is 66.5 Å². The van der Waals surface area contributed by atoms with Gasteiger partial charge in [0.05, 0.1) is 0 Å². The maximum Gasteiger partial charge on any atom is 0.161 e. The maximum absolute atomic E-state index is 12.6. The average Bonchev–Trinajstić information content (AvgIpc) is 2.36. The van der Waals surface area contributed by atoms with Gasteiger partial charge in [-0.25, -0.2) is 8.78 Å². The molecule has 2 rings (SSSR count). The van der Waals surface area contributed by atoms with Gasteiger partial charge in [0.25, 0.3) is 0 Å². The molecule has 1 saturated carbocycles. The van der Waals surface area contributed by atoms with E-state index in [2.05, 4.69) is 13.8 Å². The number of hydrogen-bond donors (Lipinski definition) is 0. The van der Waals surface area contributed by atoms with Crippen molar-refractivity contribution in [3.63, 3.8) is 0 Å². The molecular weight excluding hydrogens is 254 g/mol. The number of rotatable bonds is 0. The molecule has 0 bridgehead atoms. The van der Waals surface area contributed by atoms with Crippen LogP contribution in [0.25, 0.3) is 0 Å². The van der Waals surface area contributed by atoms with Crippen LogP contribution in [0, 0.1) is 37.3 Å². The quantitative estimate of drug-likeness (QED) is 0.498. The van der Waals surface area contributed by atoms with Gasteiger partial charge in [0.1, 0.15) is 0 Å². The third kappa shape index (κ3) is 6.49. The SMILES string of the molecule is C.C.CC1CCC(C)CC1.Cc1ccc(C)c(F)c1F. The van der Waals surface area contributed by atoms with Gasteiger partial charge in [-0.05, 0) is 36.8 Å². The Morgan fingerprint density at radius 1 is 0.750 bits per heavy atom. The summed E-state index contributed by atoms with van der Waals surface area (Å²) in [4.78, 5) is 0. The number of hydrogen-bond acceptors (Lipinski definition) is 0. The molecule has 0 radical (unpaired) electrons. The van der Waals surface area contributed by atoms with Crippen molar-refractivity contribution in [3.8, 4) is 0 Å². The van der Waals surface area contributed by atoms with Gasteiger partial charge in [0.15, 0.2) is 11.6 Å². The summed E-state index contributed by atoms with van der Waals surface area (Å²) in [5, 5.41) is 0. The zero-order chi connectivity index (χ0) is 13.7. The summed E-state index contributed by atoms with van der Waals surface area (Å²) in [6.45, 7) is 7.81. The van der Waals surface area contributed by atoms with Gasteiger partial charge in [-0.15, -0.1) is 0 Å². The van der Waals surface area contributed by atoms with Crippen molar-refractivity contribution in [1.82, 2.24) is 0 Å². The van der Waals surface area contributed by atoms with Crippen LogP contribution in [0.5, 0.6) is 0 Å². The third-order valence-corrected chi connectivity index (χ3v) is 3.77. The summed E-state index contributed by atoms with van der Waals surface area (Å²) >= 11 is 0. The zero-order valence-corrected chi connectivity index (χ0v) is 11.9. The van der Waals surface area contributed by atoms with Gasteiger partial charge >= 0.3 is 0 Å². The van der Waals surface area contributed by atoms with Crippen LogP contribution in [0.2, 0.25) is 0 Å². The Kier molecular flexibility index (Phi) is 10.6. The highest BCUT2D eigenvalue weighted by Crippen LogP contribution is 2.27. The summed E-state index contributed by atoms with van der Waals surface area (Å²) < 4.78 is 25.2. The Balaban J connectivity index is 0. The van der Waals surface area contributed by atoms with Gasteiger partial charge in [-0.3, -0.25) is 0 Å². The highest BCUT2D eigenvalue weighted by atomic mass is 19.2. The molecule has 1 aliphatic carbocycles. The monoisotopic (exact) mass is 286 g/mol. The molecule has 0 N–H and O–H groups in total. The molecule has 2 heteroatoms. The molecule has 20 heavy (non-hydrogen) atoms. The van der Waals surface area contributed by atoms with E-state index in [1.807, 2.05) is 0 Å². The molecule has 1 aromatic carbocycles. The molecule has 0 nitrogen and oxygen atoms in total. The van der Waals surface area contributed by atoms with Gasteiger partial charge < -0.3 is 0 Å². The van der Waals surface area contributed by atoms with Crippen molar-refractivity contribution in [3.05, 3.63) is 34.9 Å². The van der Waals surface area contributed by atoms with Crippen molar-refractivity contribution in [2.24, 2.45) is 11.8 Å². The second kappa shape index (κ2) is 9.90. The number of aryl methyl sites for hydroxylation is 2. The minimum atomic E-state index is -0.736. The largest absolute Gasteiger partial charge is 0.203 e. The Hall–Kier alpha value is -0.920. The molecule has 0 unspecified atom stereocenters. The summed E-state index contributed by atoms with van der Waals surface area (Å²) in [5.41, 5.74) is 0.700. The van der Waals surface area contributed by atoms with E-state index in [0.29, 0.717) is 11.1 Å². The van der Waals surface area contributed by atoms with E-state index >= 15 is 0 Å². The Bertz CT molecular complexity index is 340. The van der Waals surface area contributed by atoms with Crippen molar-refractivity contribution < 1.29 is 8.78 Å². The van der Waals surface area contributed by atoms with Crippen molar-refractivity contribution in [2.45, 2.75) is 68.2 Å². The summed E-state index contributed by atoms with van der Waals surface area (Å²) in [6, 6.07) is 3.13. The van der Waals surface area contributed by atoms with E-state index in [0.717, 1.165) is 11.8 Å². The molecule has 0 atom stereocenters. The minimum absolute atomic E-state index is 0. The summed E-state index contributed by atoms with van der Waals surface area (Å²) in [7, 11) is 0. The standard InChI is InChI=1S/C8H8F2.C8H16.2CH4/c1-5-3-4-6(2)8(10)7(5)9;1-7-3-5-8(2)6-4-7;;/h3-4H,1-2H3;7-8H,3-6H2,1-2H3;2*1H4. The van der Waals surface area contributed by atoms with E-state index in [1.54, 1.807) is 12.1 Å². The van der Waals surface area contributed by atoms with Crippen LogP contribution in [0.15, 0.2) is 12.1 Å². The fourth-order valence-corrected chi connectivity index (χ4v) is 2.17. The molecule has 0 aromatic heterocycles. The third-order valence-electron chi connectivity index (χ3n) is 3.77. The molecule has 0 amide bonds. The first-order valence-electron chi connectivity index (χ1n) is 6.83. The first-order chi connectivity index (χ1) is 8.41. The molecule has 0 heterocycles. The lowest BCUT2D eigenvalue weighted by molar-refractivity contribution is 0.308. The van der Waals surface area contributed by atoms with Crippen molar-refractivity contribution in [1.29, 1.82) is 0 Å². The molecule has 0 saturated heterocycles. The molecular formula is C18H32F2. The minimum Gasteiger partial charge on any atom is -0.203 e. The molecule has 1 aliphatic rings. The maximum atomic E-state index is 12.6. The number of halogens is 2. The Morgan fingerprint density at radius 3 is 1.25 bits per heavy atom. The topological polar surface area (TPSA) is 0 Å². The predicted octanol–water partition coefficient (Wildman–Crippen LogP) is 6.69. The molecule has 1 fully saturated rings. The van der Waals surface area contributed by atoms with E-state index in [9.17, 15) is 8.78 Å². The van der Waals surface area contributed by atoms with Crippen LogP contribution < -0.4 is 0 Å². The second-order valence-corrected chi connectivity index (χ2v) is 5.69. The highest BCUT2D eigenvalue weighted by Gasteiger charge is 2.13. The van der Waals surface area contributed by atoms with E-state index in [-0.39, 0.29) is 14.9 Å². The summed E-state index contributed by atoms with van der Waals surface area (Å²) in [6.07, 6.45) is 5.89. The van der Waals surface area contributed by atoms with E-state index in [1.165, 1.54) is 39.5 Å². The van der Waals surface area contributed by atoms with Crippen molar-refractivity contribution in [2.75, 3.05) is 0 Å². The first-order valence-corrected chi connectivity index (χ1v) is 6.83. The van der Waals surface area contributed by atoms with Gasteiger partial charge in [0, 0.05) is 0 Å². The fourth-order valence-electron chi connectivity index (χ4n) is 2.17. The number of benzene rings is 1. The van der Waals surface area contributed by atoms with Gasteiger partial charge in [0.2, 0.25) is 0 Å². The molecule has 118 valence electrons. The van der Waals surface area contributed by atoms with Crippen LogP contribution >= 0.6 is 0 Å². The fraction of sp³-hybridized carbons (Fsp3) is 0.667. The Labute approximate surface area is 124 Å². The molecule has 0 spiro atoms. The average molecular weight is 286 g/mol. The lowest BCUT2D eigenvalue weighted by Gasteiger charge is -2.22. The summed E-state index contributed by atoms with van der Waals surface area (Å²) in [5.74, 6) is 0.567. The zero-order valence-electron chi connectivity index (χ0n) is 11.9. The second-order valence-electron chi connectivity index (χ2n) is 5.69. The Morgan fingerprint density at radius 2 is 1.00 bits per heavy atom. The highest BCUT2D eigenvalue weighted by molar-refractivity contribution is 5.23. The van der Waals surface area contributed by atoms with Crippen LogP contribution in [-0.4, -0.2) is 0 Å². The normalized spacial score (nSPS) is 20.9. The van der Waals surface area contributed by atoms with E-state index < -0.39 is 11.6 Å². The first kappa shape index (κ1) is 21.4. The predicted molar refractivity (Wildman–Crippen MR) is 86.1 cm³/mol. The molecule has 0 aliphatic heterocycles. The van der Waals surface area contributed by atoms with Gasteiger partial charge in [-0.2, -0.15) is 0 Å². The smallest absolute Gasteiger partial charge is 0.161 e. The van der Waals surface area contributed by atoms with E-state index in [4.69, 9.17) is 0 Å². The molecule has 1 aromatic rings. The van der Waals surface area contributed by atoms with Crippen LogP contribution in [0.3, 0.4) is 0 Å². The van der Waals surface area contributed by atoms with Crippen LogP contribution in [0.1, 0.15) is 65.5 Å². The lowest BCUT2D eigenvalue weighted by Crippen LogP contribution is -2.08. The van der Waals surface area contributed by atoms with Crippen LogP contribution in [-0.2, 0) is 0 Å². The lowest BCUT2D eigenvalue weighted by atomic mass is 9.84. The van der Waals surface area contributed by atoms with Crippen LogP contribution in [0.4, 0.5) is 8.78 Å². The van der Waals surface area contributed by atoms with Crippen molar-refractivity contribution >= 4 is 0 Å².